The molecule has 1 aliphatic carbocycles. The van der Waals surface area contributed by atoms with Crippen molar-refractivity contribution in [1.82, 2.24) is 10.2 Å². The molecule has 1 aromatic carbocycles. The zero-order valence-corrected chi connectivity index (χ0v) is 12.3. The highest BCUT2D eigenvalue weighted by Gasteiger charge is 2.31. The van der Waals surface area contributed by atoms with Crippen molar-refractivity contribution in [3.8, 4) is 0 Å². The first-order valence-corrected chi connectivity index (χ1v) is 7.87. The summed E-state index contributed by atoms with van der Waals surface area (Å²) in [7, 11) is 0. The highest BCUT2D eigenvalue weighted by atomic mass is 16.2. The lowest BCUT2D eigenvalue weighted by Crippen LogP contribution is -2.50. The van der Waals surface area contributed by atoms with Gasteiger partial charge >= 0.3 is 0 Å². The second-order valence-corrected chi connectivity index (χ2v) is 6.13. The predicted molar refractivity (Wildman–Crippen MR) is 80.4 cm³/mol. The summed E-state index contributed by atoms with van der Waals surface area (Å²) >= 11 is 0. The number of amides is 1. The molecule has 0 spiro atoms. The van der Waals surface area contributed by atoms with Gasteiger partial charge < -0.3 is 10.2 Å². The highest BCUT2D eigenvalue weighted by molar-refractivity contribution is 5.82. The molecule has 1 N–H and O–H groups in total. The van der Waals surface area contributed by atoms with Crippen LogP contribution in [0.5, 0.6) is 0 Å². The van der Waals surface area contributed by atoms with Crippen molar-refractivity contribution in [1.29, 1.82) is 0 Å². The maximum Gasteiger partial charge on any atom is 0.240 e. The Morgan fingerprint density at radius 2 is 2.05 bits per heavy atom. The SMILES string of the molecule is CCCN(CC1CC1)C(=O)[C@@H]1Cc2ccccc2CN1. The van der Waals surface area contributed by atoms with E-state index in [1.165, 1.54) is 24.0 Å². The van der Waals surface area contributed by atoms with E-state index >= 15 is 0 Å². The zero-order chi connectivity index (χ0) is 13.9. The Labute approximate surface area is 121 Å². The number of nitrogens with one attached hydrogen (secondary N) is 1. The third-order valence-electron chi connectivity index (χ3n) is 4.36. The topological polar surface area (TPSA) is 32.3 Å². The van der Waals surface area contributed by atoms with Crippen molar-refractivity contribution in [2.75, 3.05) is 13.1 Å². The van der Waals surface area contributed by atoms with E-state index in [-0.39, 0.29) is 6.04 Å². The van der Waals surface area contributed by atoms with Crippen LogP contribution in [-0.4, -0.2) is 29.9 Å². The van der Waals surface area contributed by atoms with Gasteiger partial charge in [0.05, 0.1) is 6.04 Å². The summed E-state index contributed by atoms with van der Waals surface area (Å²) in [5.41, 5.74) is 2.66. The van der Waals surface area contributed by atoms with Crippen LogP contribution in [0.2, 0.25) is 0 Å². The van der Waals surface area contributed by atoms with Crippen molar-refractivity contribution in [3.05, 3.63) is 35.4 Å². The molecule has 1 aliphatic heterocycles. The van der Waals surface area contributed by atoms with E-state index < -0.39 is 0 Å². The van der Waals surface area contributed by atoms with Gasteiger partial charge in [-0.15, -0.1) is 0 Å². The Balaban J connectivity index is 1.67. The van der Waals surface area contributed by atoms with Crippen LogP contribution >= 0.6 is 0 Å². The van der Waals surface area contributed by atoms with Crippen LogP contribution in [0.15, 0.2) is 24.3 Å². The van der Waals surface area contributed by atoms with E-state index in [0.717, 1.165) is 38.4 Å². The number of benzene rings is 1. The fourth-order valence-electron chi connectivity index (χ4n) is 3.02. The van der Waals surface area contributed by atoms with Crippen LogP contribution < -0.4 is 5.32 Å². The van der Waals surface area contributed by atoms with Crippen molar-refractivity contribution < 1.29 is 4.79 Å². The molecule has 1 heterocycles. The minimum atomic E-state index is -0.0322. The quantitative estimate of drug-likeness (QED) is 0.892. The van der Waals surface area contributed by atoms with Gasteiger partial charge in [0.2, 0.25) is 5.91 Å². The second kappa shape index (κ2) is 5.96. The number of carbonyl (C=O) groups is 1. The molecule has 3 heteroatoms. The van der Waals surface area contributed by atoms with Gasteiger partial charge in [-0.05, 0) is 42.7 Å². The minimum Gasteiger partial charge on any atom is -0.341 e. The molecular formula is C17H24N2O. The molecule has 1 amide bonds. The fraction of sp³-hybridized carbons (Fsp3) is 0.588. The minimum absolute atomic E-state index is 0.0322. The smallest absolute Gasteiger partial charge is 0.240 e. The summed E-state index contributed by atoms with van der Waals surface area (Å²) in [6.07, 6.45) is 4.48. The summed E-state index contributed by atoms with van der Waals surface area (Å²) in [4.78, 5) is 14.8. The largest absolute Gasteiger partial charge is 0.341 e. The number of fused-ring (bicyclic) bond motifs is 1. The van der Waals surface area contributed by atoms with Gasteiger partial charge in [0.1, 0.15) is 0 Å². The lowest BCUT2D eigenvalue weighted by molar-refractivity contribution is -0.134. The molecule has 1 atom stereocenters. The third kappa shape index (κ3) is 3.04. The lowest BCUT2D eigenvalue weighted by atomic mass is 9.95. The van der Waals surface area contributed by atoms with Gasteiger partial charge in [0.25, 0.3) is 0 Å². The first-order chi connectivity index (χ1) is 9.78. The van der Waals surface area contributed by atoms with Crippen molar-refractivity contribution >= 4 is 5.91 Å². The van der Waals surface area contributed by atoms with Crippen LogP contribution in [0, 0.1) is 5.92 Å². The molecule has 0 unspecified atom stereocenters. The van der Waals surface area contributed by atoms with Crippen molar-refractivity contribution in [2.45, 2.75) is 45.2 Å². The highest BCUT2D eigenvalue weighted by Crippen LogP contribution is 2.30. The van der Waals surface area contributed by atoms with E-state index in [1.54, 1.807) is 0 Å². The van der Waals surface area contributed by atoms with Crippen molar-refractivity contribution in [2.24, 2.45) is 5.92 Å². The molecule has 1 aromatic rings. The van der Waals surface area contributed by atoms with Crippen LogP contribution in [0.25, 0.3) is 0 Å². The monoisotopic (exact) mass is 272 g/mol. The Bertz CT molecular complexity index is 482. The summed E-state index contributed by atoms with van der Waals surface area (Å²) < 4.78 is 0. The number of hydrogen-bond donors (Lipinski definition) is 1. The molecule has 0 bridgehead atoms. The molecule has 0 saturated heterocycles. The summed E-state index contributed by atoms with van der Waals surface area (Å²) in [5, 5.41) is 3.42. The Morgan fingerprint density at radius 1 is 1.30 bits per heavy atom. The molecule has 2 aliphatic rings. The van der Waals surface area contributed by atoms with E-state index in [2.05, 4.69) is 41.4 Å². The molecule has 1 fully saturated rings. The van der Waals surface area contributed by atoms with Crippen molar-refractivity contribution in [3.63, 3.8) is 0 Å². The van der Waals surface area contributed by atoms with Gasteiger partial charge in [-0.25, -0.2) is 0 Å². The number of rotatable bonds is 5. The molecule has 0 aromatic heterocycles. The number of nitrogens with zero attached hydrogens (tertiary/aromatic N) is 1. The predicted octanol–water partition coefficient (Wildman–Crippen LogP) is 2.35. The maximum absolute atomic E-state index is 12.7. The second-order valence-electron chi connectivity index (χ2n) is 6.13. The van der Waals surface area contributed by atoms with Crippen LogP contribution in [0.4, 0.5) is 0 Å². The lowest BCUT2D eigenvalue weighted by Gasteiger charge is -2.31. The number of carbonyl (C=O) groups excluding carboxylic acids is 1. The Kier molecular flexibility index (Phi) is 4.06. The first-order valence-electron chi connectivity index (χ1n) is 7.87. The average molecular weight is 272 g/mol. The molecule has 0 radical (unpaired) electrons. The number of hydrogen-bond acceptors (Lipinski definition) is 2. The van der Waals surface area contributed by atoms with Gasteiger partial charge in [-0.3, -0.25) is 4.79 Å². The van der Waals surface area contributed by atoms with Gasteiger partial charge in [-0.2, -0.15) is 0 Å². The summed E-state index contributed by atoms with van der Waals surface area (Å²) in [6, 6.07) is 8.41. The third-order valence-corrected chi connectivity index (χ3v) is 4.36. The zero-order valence-electron chi connectivity index (χ0n) is 12.3. The molecule has 20 heavy (non-hydrogen) atoms. The average Bonchev–Trinajstić information content (AvgIpc) is 3.29. The molecule has 3 rings (SSSR count). The normalized spacial score (nSPS) is 21.4. The molecule has 1 saturated carbocycles. The van der Waals surface area contributed by atoms with E-state index in [0.29, 0.717) is 5.91 Å². The van der Waals surface area contributed by atoms with Crippen LogP contribution in [0.3, 0.4) is 0 Å². The van der Waals surface area contributed by atoms with E-state index in [1.807, 2.05) is 0 Å². The Morgan fingerprint density at radius 3 is 2.75 bits per heavy atom. The fourth-order valence-corrected chi connectivity index (χ4v) is 3.02. The summed E-state index contributed by atoms with van der Waals surface area (Å²) in [6.45, 7) is 4.83. The molecular weight excluding hydrogens is 248 g/mol. The van der Waals surface area contributed by atoms with E-state index in [4.69, 9.17) is 0 Å². The summed E-state index contributed by atoms with van der Waals surface area (Å²) in [5.74, 6) is 1.06. The van der Waals surface area contributed by atoms with Gasteiger partial charge in [0, 0.05) is 19.6 Å². The maximum atomic E-state index is 12.7. The van der Waals surface area contributed by atoms with Gasteiger partial charge in [0.15, 0.2) is 0 Å². The standard InChI is InChI=1S/C17H24N2O/c1-2-9-19(12-13-7-8-13)17(20)16-10-14-5-3-4-6-15(14)11-18-16/h3-6,13,16,18H,2,7-12H2,1H3/t16-/m0/s1. The van der Waals surface area contributed by atoms with Crippen LogP contribution in [0.1, 0.15) is 37.3 Å². The van der Waals surface area contributed by atoms with Crippen LogP contribution in [-0.2, 0) is 17.8 Å². The molecule has 108 valence electrons. The molecule has 3 nitrogen and oxygen atoms in total. The first kappa shape index (κ1) is 13.6. The Hall–Kier alpha value is -1.35. The van der Waals surface area contributed by atoms with Gasteiger partial charge in [-0.1, -0.05) is 31.2 Å². The van der Waals surface area contributed by atoms with E-state index in [9.17, 15) is 4.79 Å².